The first-order valence-corrected chi connectivity index (χ1v) is 7.89. The molecule has 27 heavy (non-hydrogen) atoms. The minimum Gasteiger partial charge on any atom is -0.356 e. The Bertz CT molecular complexity index is 1320. The summed E-state index contributed by atoms with van der Waals surface area (Å²) in [7, 11) is 61.4. The molecular formula is C16HB10N. The maximum absolute atomic E-state index is 6.45. The quantitative estimate of drug-likeness (QED) is 0.310. The standard InChI is InChI=1S/C16HB10N/c17-5-1-2(7(19)11(23)10(22)6(1)18)9(21)15-3(5)4-8(20)12(24)13(25)14(26)16(4)27-15/h27H. The number of hydrogen-bond acceptors (Lipinski definition) is 0. The second kappa shape index (κ2) is 5.93. The van der Waals surface area contributed by atoms with Crippen molar-refractivity contribution in [2.45, 2.75) is 0 Å². The van der Waals surface area contributed by atoms with Gasteiger partial charge in [-0.15, -0.1) is 21.9 Å². The van der Waals surface area contributed by atoms with Gasteiger partial charge >= 0.3 is 0 Å². The molecule has 0 spiro atoms. The molecule has 20 radical (unpaired) electrons. The van der Waals surface area contributed by atoms with Crippen LogP contribution in [0, 0.1) is 0 Å². The molecule has 1 aromatic heterocycles. The average molecular weight is 315 g/mol. The number of aromatic amines is 1. The molecule has 0 atom stereocenters. The monoisotopic (exact) mass is 317 g/mol. The van der Waals surface area contributed by atoms with E-state index in [1.165, 1.54) is 0 Å². The maximum atomic E-state index is 6.45. The van der Waals surface area contributed by atoms with Crippen LogP contribution in [0.2, 0.25) is 0 Å². The largest absolute Gasteiger partial charge is 0.356 e. The van der Waals surface area contributed by atoms with Gasteiger partial charge in [0.1, 0.15) is 78.5 Å². The minimum absolute atomic E-state index is 0.126. The molecule has 0 unspecified atom stereocenters. The van der Waals surface area contributed by atoms with E-state index in [0.29, 0.717) is 32.6 Å². The van der Waals surface area contributed by atoms with Gasteiger partial charge in [-0.3, -0.25) is 0 Å². The summed E-state index contributed by atoms with van der Waals surface area (Å²) in [6.07, 6.45) is 0. The van der Waals surface area contributed by atoms with E-state index in [-0.39, 0.29) is 54.6 Å². The van der Waals surface area contributed by atoms with E-state index < -0.39 is 0 Å². The van der Waals surface area contributed by atoms with Crippen molar-refractivity contribution in [3.63, 3.8) is 0 Å². The van der Waals surface area contributed by atoms with Crippen LogP contribution < -0.4 is 54.6 Å². The van der Waals surface area contributed by atoms with Crippen LogP contribution in [0.1, 0.15) is 0 Å². The van der Waals surface area contributed by atoms with E-state index in [0.717, 1.165) is 0 Å². The number of benzene rings is 3. The molecule has 0 fully saturated rings. The summed E-state index contributed by atoms with van der Waals surface area (Å²) < 4.78 is 0. The van der Waals surface area contributed by atoms with E-state index in [4.69, 9.17) is 78.5 Å². The van der Waals surface area contributed by atoms with Crippen LogP contribution in [0.3, 0.4) is 0 Å². The molecular weight excluding hydrogens is 314 g/mol. The molecule has 1 N–H and O–H groups in total. The van der Waals surface area contributed by atoms with Gasteiger partial charge in [0.15, 0.2) is 0 Å². The van der Waals surface area contributed by atoms with E-state index >= 15 is 0 Å². The minimum atomic E-state index is 0.126. The SMILES string of the molecule is [B]c1c([B])c([B])c2c([nH]c3c([B])c4c([B])c([B])c([B])c([B])c4c([B])c32)c1[B]. The van der Waals surface area contributed by atoms with Crippen LogP contribution in [0.25, 0.3) is 32.6 Å². The fourth-order valence-corrected chi connectivity index (χ4v) is 3.64. The zero-order valence-electron chi connectivity index (χ0n) is 14.3. The third-order valence-corrected chi connectivity index (χ3v) is 5.15. The lowest BCUT2D eigenvalue weighted by Gasteiger charge is -2.21. The smallest absolute Gasteiger partial charge is 0.117 e. The average Bonchev–Trinajstić information content (AvgIpc) is 3.05. The Hall–Kier alpha value is -1.63. The molecule has 0 aliphatic heterocycles. The Balaban J connectivity index is 2.44. The molecule has 0 aliphatic carbocycles. The van der Waals surface area contributed by atoms with Gasteiger partial charge in [-0.2, -0.15) is 0 Å². The van der Waals surface area contributed by atoms with Crippen LogP contribution in [-0.4, -0.2) is 83.4 Å². The summed E-state index contributed by atoms with van der Waals surface area (Å²) >= 11 is 0. The van der Waals surface area contributed by atoms with Crippen LogP contribution in [0.15, 0.2) is 0 Å². The molecule has 11 heteroatoms. The van der Waals surface area contributed by atoms with Crippen molar-refractivity contribution < 1.29 is 0 Å². The van der Waals surface area contributed by atoms with Gasteiger partial charge in [0.05, 0.1) is 0 Å². The number of H-pyrrole nitrogens is 1. The van der Waals surface area contributed by atoms with Crippen molar-refractivity contribution in [2.24, 2.45) is 0 Å². The van der Waals surface area contributed by atoms with Crippen molar-refractivity contribution in [3.05, 3.63) is 0 Å². The predicted molar refractivity (Wildman–Crippen MR) is 127 cm³/mol. The summed E-state index contributed by atoms with van der Waals surface area (Å²) in [5.41, 5.74) is 2.87. The maximum Gasteiger partial charge on any atom is 0.117 e. The number of nitrogens with one attached hydrogen (secondary N) is 1. The highest BCUT2D eigenvalue weighted by Gasteiger charge is 2.20. The first-order chi connectivity index (χ1) is 12.6. The van der Waals surface area contributed by atoms with E-state index in [1.54, 1.807) is 0 Å². The van der Waals surface area contributed by atoms with Crippen molar-refractivity contribution in [2.75, 3.05) is 0 Å². The molecule has 0 saturated carbocycles. The number of hydrogen-bond donors (Lipinski definition) is 1. The molecule has 0 amide bonds. The van der Waals surface area contributed by atoms with E-state index in [1.807, 2.05) is 0 Å². The van der Waals surface area contributed by atoms with E-state index in [9.17, 15) is 0 Å². The molecule has 0 bridgehead atoms. The van der Waals surface area contributed by atoms with Crippen molar-refractivity contribution >= 4 is 166 Å². The van der Waals surface area contributed by atoms with Crippen molar-refractivity contribution in [1.82, 2.24) is 4.98 Å². The normalized spacial score (nSPS) is 11.7. The predicted octanol–water partition coefficient (Wildman–Crippen LogP) is -7.59. The Morgan fingerprint density at radius 3 is 1.15 bits per heavy atom. The van der Waals surface area contributed by atoms with Crippen molar-refractivity contribution in [1.29, 1.82) is 0 Å². The molecule has 3 aromatic carbocycles. The summed E-state index contributed by atoms with van der Waals surface area (Å²) in [4.78, 5) is 3.12. The fraction of sp³-hybridized carbons (Fsp3) is 0. The first kappa shape index (κ1) is 18.7. The zero-order valence-corrected chi connectivity index (χ0v) is 14.3. The van der Waals surface area contributed by atoms with Gasteiger partial charge in [-0.25, -0.2) is 0 Å². The van der Waals surface area contributed by atoms with Crippen LogP contribution in [0.5, 0.6) is 0 Å². The number of aromatic nitrogens is 1. The van der Waals surface area contributed by atoms with Crippen LogP contribution in [-0.2, 0) is 0 Å². The number of rotatable bonds is 0. The Morgan fingerprint density at radius 1 is 0.296 bits per heavy atom. The van der Waals surface area contributed by atoms with Gasteiger partial charge in [0.25, 0.3) is 0 Å². The van der Waals surface area contributed by atoms with Gasteiger partial charge in [-0.1, -0.05) is 32.8 Å². The number of fused-ring (bicyclic) bond motifs is 4. The highest BCUT2D eigenvalue weighted by molar-refractivity contribution is 6.73. The van der Waals surface area contributed by atoms with Gasteiger partial charge < -0.3 is 4.98 Å². The van der Waals surface area contributed by atoms with Gasteiger partial charge in [-0.05, 0) is 21.5 Å². The molecule has 1 nitrogen and oxygen atoms in total. The fourth-order valence-electron chi connectivity index (χ4n) is 3.64. The van der Waals surface area contributed by atoms with Crippen LogP contribution >= 0.6 is 0 Å². The third kappa shape index (κ3) is 2.20. The molecule has 0 saturated heterocycles. The zero-order chi connectivity index (χ0) is 19.9. The van der Waals surface area contributed by atoms with Gasteiger partial charge in [0, 0.05) is 11.0 Å². The second-order valence-corrected chi connectivity index (χ2v) is 6.51. The Labute approximate surface area is 170 Å². The second-order valence-electron chi connectivity index (χ2n) is 6.51. The Morgan fingerprint density at radius 2 is 0.630 bits per heavy atom. The lowest BCUT2D eigenvalue weighted by molar-refractivity contribution is 1.59. The molecule has 100 valence electrons. The highest BCUT2D eigenvalue weighted by Crippen LogP contribution is 2.21. The highest BCUT2D eigenvalue weighted by atomic mass is 14.7. The van der Waals surface area contributed by atoms with Crippen molar-refractivity contribution in [3.8, 4) is 0 Å². The van der Waals surface area contributed by atoms with E-state index in [2.05, 4.69) is 4.98 Å². The van der Waals surface area contributed by atoms with Crippen LogP contribution in [0.4, 0.5) is 0 Å². The summed E-state index contributed by atoms with van der Waals surface area (Å²) in [6.45, 7) is 0. The molecule has 4 aromatic rings. The third-order valence-electron chi connectivity index (χ3n) is 5.15. The molecule has 0 aliphatic rings. The topological polar surface area (TPSA) is 15.8 Å². The summed E-state index contributed by atoms with van der Waals surface area (Å²) in [5.74, 6) is 0. The van der Waals surface area contributed by atoms with Gasteiger partial charge in [0.2, 0.25) is 0 Å². The molecule has 4 rings (SSSR count). The summed E-state index contributed by atoms with van der Waals surface area (Å²) in [6, 6.07) is 0. The first-order valence-electron chi connectivity index (χ1n) is 7.89. The Kier molecular flexibility index (Phi) is 4.11. The summed E-state index contributed by atoms with van der Waals surface area (Å²) in [5, 5.41) is 1.78. The lowest BCUT2D eigenvalue weighted by Crippen LogP contribution is -2.50. The lowest BCUT2D eigenvalue weighted by atomic mass is 9.61. The molecule has 1 heterocycles.